The molecule has 17 heavy (non-hydrogen) atoms. The first-order chi connectivity index (χ1) is 7.43. The van der Waals surface area contributed by atoms with E-state index in [1.807, 2.05) is 0 Å². The molecule has 0 radical (unpaired) electrons. The molecule has 0 amide bonds. The average Bonchev–Trinajstić information content (AvgIpc) is 2.43. The Morgan fingerprint density at radius 2 is 1.53 bits per heavy atom. The highest BCUT2D eigenvalue weighted by molar-refractivity contribution is 5.28. The van der Waals surface area contributed by atoms with Crippen LogP contribution in [0.15, 0.2) is 6.20 Å². The van der Waals surface area contributed by atoms with Crippen LogP contribution in [0.4, 0.5) is 26.3 Å². The van der Waals surface area contributed by atoms with Crippen molar-refractivity contribution < 1.29 is 31.4 Å². The van der Waals surface area contributed by atoms with Gasteiger partial charge < -0.3 is 5.11 Å². The molecule has 0 fully saturated rings. The van der Waals surface area contributed by atoms with Crippen molar-refractivity contribution in [3.8, 4) is 0 Å². The zero-order chi connectivity index (χ0) is 13.6. The largest absolute Gasteiger partial charge is 0.430 e. The Bertz CT molecular complexity index is 405. The molecule has 1 heterocycles. The van der Waals surface area contributed by atoms with Gasteiger partial charge in [0.15, 0.2) is 0 Å². The van der Waals surface area contributed by atoms with Crippen LogP contribution in [-0.2, 0) is 12.6 Å². The van der Waals surface area contributed by atoms with Crippen LogP contribution in [0.2, 0.25) is 0 Å². The number of rotatable bonds is 1. The highest BCUT2D eigenvalue weighted by Gasteiger charge is 2.72. The lowest BCUT2D eigenvalue weighted by Crippen LogP contribution is -2.54. The first-order valence-electron chi connectivity index (χ1n) is 4.28. The van der Waals surface area contributed by atoms with Crippen LogP contribution in [0.5, 0.6) is 0 Å². The van der Waals surface area contributed by atoms with E-state index in [0.29, 0.717) is 6.20 Å². The topological polar surface area (TPSA) is 38.1 Å². The van der Waals surface area contributed by atoms with Crippen molar-refractivity contribution in [3.63, 3.8) is 0 Å². The summed E-state index contributed by atoms with van der Waals surface area (Å²) in [6.45, 7) is 1.00. The number of aromatic nitrogens is 2. The van der Waals surface area contributed by atoms with Gasteiger partial charge in [-0.05, 0) is 6.92 Å². The van der Waals surface area contributed by atoms with Crippen LogP contribution >= 0.6 is 0 Å². The van der Waals surface area contributed by atoms with Crippen LogP contribution < -0.4 is 0 Å². The molecule has 0 aliphatic heterocycles. The minimum atomic E-state index is -5.88. The summed E-state index contributed by atoms with van der Waals surface area (Å²) in [6.07, 6.45) is -11.4. The van der Waals surface area contributed by atoms with E-state index in [4.69, 9.17) is 5.11 Å². The average molecular weight is 262 g/mol. The Morgan fingerprint density at radius 1 is 1.12 bits per heavy atom. The van der Waals surface area contributed by atoms with E-state index in [0.717, 1.165) is 11.6 Å². The van der Waals surface area contributed by atoms with Crippen LogP contribution in [-0.4, -0.2) is 27.2 Å². The van der Waals surface area contributed by atoms with E-state index in [1.54, 1.807) is 0 Å². The van der Waals surface area contributed by atoms with Gasteiger partial charge in [0.2, 0.25) is 0 Å². The van der Waals surface area contributed by atoms with Gasteiger partial charge in [-0.25, -0.2) is 0 Å². The summed E-state index contributed by atoms with van der Waals surface area (Å²) in [6, 6.07) is 0. The molecule has 0 saturated carbocycles. The van der Waals surface area contributed by atoms with Gasteiger partial charge in [-0.3, -0.25) is 4.68 Å². The fourth-order valence-corrected chi connectivity index (χ4v) is 1.32. The van der Waals surface area contributed by atoms with Crippen molar-refractivity contribution >= 4 is 0 Å². The standard InChI is InChI=1S/C8H8F6N2O/c1-4-5(3-15-16(4)2)6(17,7(9,10)11)8(12,13)14/h3,17H,1-2H3. The maximum absolute atomic E-state index is 12.5. The summed E-state index contributed by atoms with van der Waals surface area (Å²) in [5.74, 6) is 0. The highest BCUT2D eigenvalue weighted by atomic mass is 19.4. The third-order valence-electron chi connectivity index (χ3n) is 2.45. The van der Waals surface area contributed by atoms with Crippen LogP contribution in [0, 0.1) is 6.92 Å². The molecule has 1 N–H and O–H groups in total. The Hall–Kier alpha value is -1.25. The molecule has 0 spiro atoms. The molecular weight excluding hydrogens is 254 g/mol. The molecule has 0 saturated heterocycles. The van der Waals surface area contributed by atoms with E-state index >= 15 is 0 Å². The van der Waals surface area contributed by atoms with E-state index in [9.17, 15) is 26.3 Å². The van der Waals surface area contributed by atoms with Crippen molar-refractivity contribution in [2.75, 3.05) is 0 Å². The normalized spacial score (nSPS) is 14.2. The number of aryl methyl sites for hydroxylation is 1. The van der Waals surface area contributed by atoms with Crippen LogP contribution in [0.3, 0.4) is 0 Å². The van der Waals surface area contributed by atoms with Crippen molar-refractivity contribution in [1.82, 2.24) is 9.78 Å². The summed E-state index contributed by atoms with van der Waals surface area (Å²) in [5, 5.41) is 12.3. The fraction of sp³-hybridized carbons (Fsp3) is 0.625. The number of alkyl halides is 6. The molecule has 0 bridgehead atoms. The highest BCUT2D eigenvalue weighted by Crippen LogP contribution is 2.50. The number of nitrogens with zero attached hydrogens (tertiary/aromatic N) is 2. The third kappa shape index (κ3) is 1.88. The molecule has 0 aromatic carbocycles. The van der Waals surface area contributed by atoms with E-state index in [2.05, 4.69) is 5.10 Å². The first-order valence-corrected chi connectivity index (χ1v) is 4.28. The Labute approximate surface area is 91.7 Å². The molecular formula is C8H8F6N2O. The zero-order valence-corrected chi connectivity index (χ0v) is 8.69. The maximum atomic E-state index is 12.5. The quantitative estimate of drug-likeness (QED) is 0.786. The zero-order valence-electron chi connectivity index (χ0n) is 8.69. The molecule has 1 rings (SSSR count). The van der Waals surface area contributed by atoms with Crippen molar-refractivity contribution in [1.29, 1.82) is 0 Å². The summed E-state index contributed by atoms with van der Waals surface area (Å²) in [4.78, 5) is 0. The molecule has 3 nitrogen and oxygen atoms in total. The molecule has 9 heteroatoms. The lowest BCUT2D eigenvalue weighted by atomic mass is 9.93. The summed E-state index contributed by atoms with van der Waals surface area (Å²) in [5.41, 5.74) is -6.64. The second kappa shape index (κ2) is 3.62. The maximum Gasteiger partial charge on any atom is 0.430 e. The smallest absolute Gasteiger partial charge is 0.369 e. The number of aliphatic hydroxyl groups is 1. The van der Waals surface area contributed by atoms with Crippen molar-refractivity contribution in [2.24, 2.45) is 7.05 Å². The summed E-state index contributed by atoms with van der Waals surface area (Å²) < 4.78 is 75.6. The minimum Gasteiger partial charge on any atom is -0.369 e. The molecule has 0 unspecified atom stereocenters. The Balaban J connectivity index is 3.52. The molecule has 1 aromatic rings. The number of hydrogen-bond donors (Lipinski definition) is 1. The monoisotopic (exact) mass is 262 g/mol. The van der Waals surface area contributed by atoms with E-state index in [1.165, 1.54) is 7.05 Å². The summed E-state index contributed by atoms with van der Waals surface area (Å²) >= 11 is 0. The predicted octanol–water partition coefficient (Wildman–Crippen LogP) is 2.04. The van der Waals surface area contributed by atoms with Gasteiger partial charge in [0, 0.05) is 18.3 Å². The van der Waals surface area contributed by atoms with Gasteiger partial charge in [0.1, 0.15) is 0 Å². The molecule has 0 aliphatic carbocycles. The second-order valence-corrected chi connectivity index (χ2v) is 3.47. The Kier molecular flexibility index (Phi) is 2.94. The number of halogens is 6. The van der Waals surface area contributed by atoms with Crippen molar-refractivity contribution in [3.05, 3.63) is 17.5 Å². The van der Waals surface area contributed by atoms with Gasteiger partial charge in [-0.2, -0.15) is 31.4 Å². The van der Waals surface area contributed by atoms with Gasteiger partial charge in [0.05, 0.1) is 6.20 Å². The van der Waals surface area contributed by atoms with Crippen LogP contribution in [0.1, 0.15) is 11.3 Å². The van der Waals surface area contributed by atoms with Crippen molar-refractivity contribution in [2.45, 2.75) is 24.9 Å². The lowest BCUT2D eigenvalue weighted by molar-refractivity contribution is -0.376. The van der Waals surface area contributed by atoms with Gasteiger partial charge >= 0.3 is 12.4 Å². The molecule has 98 valence electrons. The molecule has 1 aromatic heterocycles. The van der Waals surface area contributed by atoms with Gasteiger partial charge in [-0.1, -0.05) is 0 Å². The van der Waals surface area contributed by atoms with Gasteiger partial charge in [-0.15, -0.1) is 0 Å². The summed E-state index contributed by atoms with van der Waals surface area (Å²) in [7, 11) is 1.17. The second-order valence-electron chi connectivity index (χ2n) is 3.47. The fourth-order valence-electron chi connectivity index (χ4n) is 1.32. The Morgan fingerprint density at radius 3 is 1.76 bits per heavy atom. The van der Waals surface area contributed by atoms with Gasteiger partial charge in [0.25, 0.3) is 5.60 Å². The number of hydrogen-bond acceptors (Lipinski definition) is 2. The molecule has 0 atom stereocenters. The van der Waals surface area contributed by atoms with E-state index in [-0.39, 0.29) is 0 Å². The SMILES string of the molecule is Cc1c(C(O)(C(F)(F)F)C(F)(F)F)cnn1C. The first kappa shape index (κ1) is 13.8. The molecule has 0 aliphatic rings. The van der Waals surface area contributed by atoms with Crippen LogP contribution in [0.25, 0.3) is 0 Å². The lowest BCUT2D eigenvalue weighted by Gasteiger charge is -2.32. The third-order valence-corrected chi connectivity index (χ3v) is 2.45. The van der Waals surface area contributed by atoms with E-state index < -0.39 is 29.2 Å². The minimum absolute atomic E-state index is 0.357. The predicted molar refractivity (Wildman–Crippen MR) is 44.0 cm³/mol.